The lowest BCUT2D eigenvalue weighted by Gasteiger charge is -2.06. The lowest BCUT2D eigenvalue weighted by molar-refractivity contribution is 0.700. The Kier molecular flexibility index (Phi) is 3.52. The molecule has 0 saturated heterocycles. The largest absolute Gasteiger partial charge is 0.368 e. The lowest BCUT2D eigenvalue weighted by atomic mass is 10.5. The molecule has 1 saturated carbocycles. The van der Waals surface area contributed by atoms with E-state index < -0.39 is 0 Å². The molecule has 0 spiro atoms. The molecule has 14 heavy (non-hydrogen) atoms. The minimum absolute atomic E-state index is 0.779. The first kappa shape index (κ1) is 10.1. The van der Waals surface area contributed by atoms with E-state index in [4.69, 9.17) is 0 Å². The SMILES string of the molecule is Ic1cncnc1NCCNC1CC1. The smallest absolute Gasteiger partial charge is 0.142 e. The van der Waals surface area contributed by atoms with Crippen molar-refractivity contribution in [2.75, 3.05) is 18.4 Å². The first-order valence-electron chi connectivity index (χ1n) is 4.79. The molecule has 2 rings (SSSR count). The van der Waals surface area contributed by atoms with E-state index in [-0.39, 0.29) is 0 Å². The van der Waals surface area contributed by atoms with Crippen LogP contribution in [0.4, 0.5) is 5.82 Å². The van der Waals surface area contributed by atoms with E-state index in [0.29, 0.717) is 0 Å². The van der Waals surface area contributed by atoms with Crippen LogP contribution in [0.15, 0.2) is 12.5 Å². The van der Waals surface area contributed by atoms with E-state index in [1.54, 1.807) is 6.33 Å². The molecule has 1 heterocycles. The summed E-state index contributed by atoms with van der Waals surface area (Å²) in [5, 5.41) is 6.71. The quantitative estimate of drug-likeness (QED) is 0.635. The average Bonchev–Trinajstić information content (AvgIpc) is 2.99. The fourth-order valence-electron chi connectivity index (χ4n) is 1.19. The van der Waals surface area contributed by atoms with E-state index in [0.717, 1.165) is 28.5 Å². The molecule has 1 aromatic rings. The van der Waals surface area contributed by atoms with Crippen LogP contribution in [0.25, 0.3) is 0 Å². The van der Waals surface area contributed by atoms with Crippen LogP contribution in [0, 0.1) is 3.57 Å². The van der Waals surface area contributed by atoms with Gasteiger partial charge in [-0.2, -0.15) is 0 Å². The Balaban J connectivity index is 1.71. The van der Waals surface area contributed by atoms with Gasteiger partial charge in [0, 0.05) is 25.3 Å². The molecule has 0 aromatic carbocycles. The van der Waals surface area contributed by atoms with Crippen LogP contribution in [-0.2, 0) is 0 Å². The number of nitrogens with one attached hydrogen (secondary N) is 2. The third-order valence-corrected chi connectivity index (χ3v) is 2.88. The highest BCUT2D eigenvalue weighted by Gasteiger charge is 2.19. The Morgan fingerprint density at radius 2 is 2.29 bits per heavy atom. The number of halogens is 1. The van der Waals surface area contributed by atoms with Crippen molar-refractivity contribution in [3.05, 3.63) is 16.1 Å². The molecule has 0 amide bonds. The number of nitrogens with zero attached hydrogens (tertiary/aromatic N) is 2. The number of hydrogen-bond donors (Lipinski definition) is 2. The maximum Gasteiger partial charge on any atom is 0.142 e. The zero-order valence-corrected chi connectivity index (χ0v) is 9.99. The van der Waals surface area contributed by atoms with Gasteiger partial charge in [-0.3, -0.25) is 0 Å². The molecular weight excluding hydrogens is 291 g/mol. The Morgan fingerprint density at radius 1 is 1.43 bits per heavy atom. The highest BCUT2D eigenvalue weighted by molar-refractivity contribution is 14.1. The molecular formula is C9H13IN4. The molecule has 0 aliphatic heterocycles. The molecule has 1 aliphatic carbocycles. The van der Waals surface area contributed by atoms with Crippen LogP contribution in [0.2, 0.25) is 0 Å². The summed E-state index contributed by atoms with van der Waals surface area (Å²) in [5.74, 6) is 0.929. The molecule has 5 heteroatoms. The summed E-state index contributed by atoms with van der Waals surface area (Å²) in [6.45, 7) is 1.92. The van der Waals surface area contributed by atoms with Crippen molar-refractivity contribution in [1.82, 2.24) is 15.3 Å². The number of anilines is 1. The maximum absolute atomic E-state index is 4.15. The summed E-state index contributed by atoms with van der Waals surface area (Å²) in [5.41, 5.74) is 0. The third-order valence-electron chi connectivity index (χ3n) is 2.10. The van der Waals surface area contributed by atoms with Gasteiger partial charge in [0.1, 0.15) is 12.1 Å². The van der Waals surface area contributed by atoms with Crippen LogP contribution in [0.3, 0.4) is 0 Å². The summed E-state index contributed by atoms with van der Waals surface area (Å²) in [6.07, 6.45) is 6.05. The summed E-state index contributed by atoms with van der Waals surface area (Å²) in [6, 6.07) is 0.779. The van der Waals surface area contributed by atoms with Crippen molar-refractivity contribution in [3.8, 4) is 0 Å². The minimum Gasteiger partial charge on any atom is -0.368 e. The van der Waals surface area contributed by atoms with Gasteiger partial charge in [-0.1, -0.05) is 0 Å². The molecule has 0 unspecified atom stereocenters. The van der Waals surface area contributed by atoms with Gasteiger partial charge in [0.25, 0.3) is 0 Å². The Hall–Kier alpha value is -0.430. The predicted molar refractivity (Wildman–Crippen MR) is 64.3 cm³/mol. The van der Waals surface area contributed by atoms with Crippen molar-refractivity contribution < 1.29 is 0 Å². The fraction of sp³-hybridized carbons (Fsp3) is 0.556. The number of aromatic nitrogens is 2. The average molecular weight is 304 g/mol. The zero-order chi connectivity index (χ0) is 9.80. The van der Waals surface area contributed by atoms with Gasteiger partial charge >= 0.3 is 0 Å². The van der Waals surface area contributed by atoms with Gasteiger partial charge < -0.3 is 10.6 Å². The number of rotatable bonds is 5. The van der Waals surface area contributed by atoms with Crippen molar-refractivity contribution in [2.45, 2.75) is 18.9 Å². The van der Waals surface area contributed by atoms with Crippen molar-refractivity contribution in [3.63, 3.8) is 0 Å². The first-order valence-corrected chi connectivity index (χ1v) is 5.87. The van der Waals surface area contributed by atoms with Gasteiger partial charge in [0.05, 0.1) is 3.57 Å². The van der Waals surface area contributed by atoms with Crippen molar-refractivity contribution in [1.29, 1.82) is 0 Å². The fourth-order valence-corrected chi connectivity index (χ4v) is 1.68. The molecule has 1 aromatic heterocycles. The molecule has 1 aliphatic rings. The van der Waals surface area contributed by atoms with Gasteiger partial charge in [-0.05, 0) is 35.4 Å². The molecule has 4 nitrogen and oxygen atoms in total. The highest BCUT2D eigenvalue weighted by atomic mass is 127. The number of hydrogen-bond acceptors (Lipinski definition) is 4. The van der Waals surface area contributed by atoms with Crippen LogP contribution >= 0.6 is 22.6 Å². The molecule has 0 radical (unpaired) electrons. The monoisotopic (exact) mass is 304 g/mol. The van der Waals surface area contributed by atoms with Crippen molar-refractivity contribution >= 4 is 28.4 Å². The summed E-state index contributed by atoms with van der Waals surface area (Å²) >= 11 is 2.23. The first-order chi connectivity index (χ1) is 6.86. The van der Waals surface area contributed by atoms with E-state index in [2.05, 4.69) is 43.2 Å². The van der Waals surface area contributed by atoms with Gasteiger partial charge in [-0.15, -0.1) is 0 Å². The summed E-state index contributed by atoms with van der Waals surface area (Å²) in [7, 11) is 0. The highest BCUT2D eigenvalue weighted by Crippen LogP contribution is 2.18. The van der Waals surface area contributed by atoms with E-state index in [1.165, 1.54) is 12.8 Å². The van der Waals surface area contributed by atoms with E-state index in [1.807, 2.05) is 6.20 Å². The lowest BCUT2D eigenvalue weighted by Crippen LogP contribution is -2.24. The minimum atomic E-state index is 0.779. The van der Waals surface area contributed by atoms with Crippen LogP contribution in [-0.4, -0.2) is 29.1 Å². The van der Waals surface area contributed by atoms with E-state index in [9.17, 15) is 0 Å². The second-order valence-corrected chi connectivity index (χ2v) is 4.54. The predicted octanol–water partition coefficient (Wildman–Crippen LogP) is 1.25. The second-order valence-electron chi connectivity index (χ2n) is 3.37. The van der Waals surface area contributed by atoms with Crippen LogP contribution < -0.4 is 10.6 Å². The van der Waals surface area contributed by atoms with Crippen LogP contribution in [0.5, 0.6) is 0 Å². The molecule has 0 atom stereocenters. The Labute approximate surface area is 97.1 Å². The standard InChI is InChI=1S/C9H13IN4/c10-8-5-11-6-14-9(8)13-4-3-12-7-1-2-7/h5-7,12H,1-4H2,(H,11,13,14). The van der Waals surface area contributed by atoms with Crippen LogP contribution in [0.1, 0.15) is 12.8 Å². The molecule has 0 bridgehead atoms. The second kappa shape index (κ2) is 4.88. The molecule has 2 N–H and O–H groups in total. The maximum atomic E-state index is 4.15. The normalized spacial score (nSPS) is 15.5. The molecule has 1 fully saturated rings. The van der Waals surface area contributed by atoms with E-state index >= 15 is 0 Å². The van der Waals surface area contributed by atoms with Gasteiger partial charge in [-0.25, -0.2) is 9.97 Å². The molecule has 76 valence electrons. The van der Waals surface area contributed by atoms with Gasteiger partial charge in [0.2, 0.25) is 0 Å². The Morgan fingerprint density at radius 3 is 3.00 bits per heavy atom. The third kappa shape index (κ3) is 3.06. The topological polar surface area (TPSA) is 49.8 Å². The van der Waals surface area contributed by atoms with Crippen molar-refractivity contribution in [2.24, 2.45) is 0 Å². The zero-order valence-electron chi connectivity index (χ0n) is 7.83. The van der Waals surface area contributed by atoms with Gasteiger partial charge in [0.15, 0.2) is 0 Å². The summed E-state index contributed by atoms with van der Waals surface area (Å²) in [4.78, 5) is 8.09. The summed E-state index contributed by atoms with van der Waals surface area (Å²) < 4.78 is 1.07. The Bertz CT molecular complexity index is 301.